The molecule has 39 heavy (non-hydrogen) atoms. The predicted octanol–water partition coefficient (Wildman–Crippen LogP) is 5.03. The van der Waals surface area contributed by atoms with Gasteiger partial charge in [-0.1, -0.05) is 29.8 Å². The first-order valence-electron chi connectivity index (χ1n) is 12.5. The highest BCUT2D eigenvalue weighted by Gasteiger charge is 2.45. The van der Waals surface area contributed by atoms with Gasteiger partial charge < -0.3 is 15.1 Å². The van der Waals surface area contributed by atoms with Gasteiger partial charge >= 0.3 is 12.2 Å². The van der Waals surface area contributed by atoms with E-state index in [0.29, 0.717) is 23.9 Å². The van der Waals surface area contributed by atoms with E-state index in [4.69, 9.17) is 11.6 Å². The summed E-state index contributed by atoms with van der Waals surface area (Å²) in [7, 11) is -0.987. The zero-order valence-electron chi connectivity index (χ0n) is 22.3. The molecular weight excluding hydrogens is 555 g/mol. The third-order valence-electron chi connectivity index (χ3n) is 7.31. The smallest absolute Gasteiger partial charge is 0.341 e. The van der Waals surface area contributed by atoms with Crippen LogP contribution in [0.25, 0.3) is 0 Å². The molecule has 1 saturated heterocycles. The molecule has 7 nitrogen and oxygen atoms in total. The summed E-state index contributed by atoms with van der Waals surface area (Å²) in [5.74, 6) is -0.690. The van der Waals surface area contributed by atoms with E-state index in [2.05, 4.69) is 5.32 Å². The third kappa shape index (κ3) is 7.05. The summed E-state index contributed by atoms with van der Waals surface area (Å²) in [4.78, 5) is 28.4. The maximum absolute atomic E-state index is 13.5. The van der Waals surface area contributed by atoms with Gasteiger partial charge in [0.2, 0.25) is 5.91 Å². The van der Waals surface area contributed by atoms with Gasteiger partial charge in [0.05, 0.1) is 15.2 Å². The van der Waals surface area contributed by atoms with Crippen LogP contribution >= 0.6 is 11.6 Å². The minimum Gasteiger partial charge on any atom is -0.341 e. The molecule has 12 heteroatoms. The number of likely N-dealkylation sites (tertiary alicyclic amines) is 1. The molecule has 0 radical (unpaired) electrons. The van der Waals surface area contributed by atoms with Gasteiger partial charge in [-0.3, -0.25) is 4.79 Å². The Labute approximate surface area is 232 Å². The Morgan fingerprint density at radius 2 is 1.67 bits per heavy atom. The average molecular weight is 588 g/mol. The van der Waals surface area contributed by atoms with Crippen molar-refractivity contribution in [1.29, 1.82) is 0 Å². The summed E-state index contributed by atoms with van der Waals surface area (Å²) in [6.07, 6.45) is -3.74. The molecule has 2 aromatic carbocycles. The van der Waals surface area contributed by atoms with Crippen LogP contribution in [-0.4, -0.2) is 68.1 Å². The lowest BCUT2D eigenvalue weighted by molar-refractivity contribution is -0.137. The molecule has 2 aromatic rings. The van der Waals surface area contributed by atoms with Crippen molar-refractivity contribution in [1.82, 2.24) is 15.1 Å². The van der Waals surface area contributed by atoms with Crippen LogP contribution in [0.3, 0.4) is 0 Å². The van der Waals surface area contributed by atoms with Crippen molar-refractivity contribution in [2.75, 3.05) is 27.2 Å². The molecule has 1 N–H and O–H groups in total. The highest BCUT2D eigenvalue weighted by molar-refractivity contribution is 7.92. The lowest BCUT2D eigenvalue weighted by Gasteiger charge is -2.41. The summed E-state index contributed by atoms with van der Waals surface area (Å²) >= 11 is 5.96. The Kier molecular flexibility index (Phi) is 9.27. The van der Waals surface area contributed by atoms with E-state index in [1.54, 1.807) is 43.3 Å². The molecule has 0 bridgehead atoms. The van der Waals surface area contributed by atoms with Crippen LogP contribution in [0, 0.1) is 5.92 Å². The van der Waals surface area contributed by atoms with Crippen LogP contribution in [0.2, 0.25) is 5.02 Å². The number of alkyl halides is 3. The molecule has 1 atom stereocenters. The van der Waals surface area contributed by atoms with E-state index in [-0.39, 0.29) is 30.3 Å². The van der Waals surface area contributed by atoms with Crippen LogP contribution in [0.15, 0.2) is 53.4 Å². The van der Waals surface area contributed by atoms with Crippen molar-refractivity contribution in [2.24, 2.45) is 5.92 Å². The number of carbonyl (C=O) groups excluding carboxylic acids is 2. The summed E-state index contributed by atoms with van der Waals surface area (Å²) in [5, 5.41) is 3.30. The lowest BCUT2D eigenvalue weighted by Crippen LogP contribution is -2.55. The molecule has 1 aliphatic heterocycles. The van der Waals surface area contributed by atoms with Crippen LogP contribution in [0.1, 0.15) is 37.8 Å². The van der Waals surface area contributed by atoms with Crippen molar-refractivity contribution < 1.29 is 31.2 Å². The van der Waals surface area contributed by atoms with Gasteiger partial charge in [0.25, 0.3) is 0 Å². The normalized spacial score (nSPS) is 16.1. The number of urea groups is 1. The van der Waals surface area contributed by atoms with Crippen LogP contribution in [0.4, 0.5) is 18.0 Å². The molecule has 3 rings (SSSR count). The second kappa shape index (κ2) is 11.8. The van der Waals surface area contributed by atoms with Crippen molar-refractivity contribution in [3.05, 3.63) is 64.7 Å². The predicted molar refractivity (Wildman–Crippen MR) is 143 cm³/mol. The summed E-state index contributed by atoms with van der Waals surface area (Å²) in [5.41, 5.74) is -0.216. The van der Waals surface area contributed by atoms with Gasteiger partial charge in [0, 0.05) is 38.6 Å². The summed E-state index contributed by atoms with van der Waals surface area (Å²) in [6.45, 7) is 3.54. The van der Waals surface area contributed by atoms with Crippen molar-refractivity contribution >= 4 is 33.4 Å². The topological polar surface area (TPSA) is 86.8 Å². The second-order valence-corrected chi connectivity index (χ2v) is 13.4. The van der Waals surface area contributed by atoms with Crippen molar-refractivity contribution in [3.63, 3.8) is 0 Å². The number of sulfone groups is 1. The van der Waals surface area contributed by atoms with Gasteiger partial charge in [0.15, 0.2) is 9.84 Å². The number of hydrogen-bond donors (Lipinski definition) is 1. The van der Waals surface area contributed by atoms with Gasteiger partial charge in [-0.15, -0.1) is 0 Å². The van der Waals surface area contributed by atoms with E-state index in [9.17, 15) is 31.2 Å². The highest BCUT2D eigenvalue weighted by atomic mass is 35.5. The standard InChI is InChI=1S/C27H33ClF3N3O4S/c1-26(2,39(37,38)22-7-5-6-20(17-22)27(29,30)31)19-12-14-34(15-13-19)24(35)23(32-25(36)33(3)4)16-18-8-10-21(28)11-9-18/h5-11,17,19,23H,12-16H2,1-4H3,(H,32,36)/t23-/m0/s1. The molecule has 0 unspecified atom stereocenters. The largest absolute Gasteiger partial charge is 0.416 e. The highest BCUT2D eigenvalue weighted by Crippen LogP contribution is 2.39. The fourth-order valence-corrected chi connectivity index (χ4v) is 6.66. The Bertz CT molecular complexity index is 1290. The molecular formula is C27H33ClF3N3O4S. The Morgan fingerprint density at radius 3 is 2.21 bits per heavy atom. The molecule has 0 spiro atoms. The van der Waals surface area contributed by atoms with Gasteiger partial charge in [-0.05, 0) is 68.5 Å². The number of nitrogens with zero attached hydrogens (tertiary/aromatic N) is 2. The number of hydrogen-bond acceptors (Lipinski definition) is 4. The average Bonchev–Trinajstić information content (AvgIpc) is 2.88. The molecule has 3 amide bonds. The molecule has 1 aliphatic rings. The Morgan fingerprint density at radius 1 is 1.08 bits per heavy atom. The van der Waals surface area contributed by atoms with E-state index in [1.807, 2.05) is 0 Å². The van der Waals surface area contributed by atoms with Gasteiger partial charge in [0.1, 0.15) is 6.04 Å². The number of carbonyl (C=O) groups is 2. The number of nitrogens with one attached hydrogen (secondary N) is 1. The second-order valence-electron chi connectivity index (χ2n) is 10.5. The van der Waals surface area contributed by atoms with Crippen LogP contribution in [0.5, 0.6) is 0 Å². The minimum atomic E-state index is -4.66. The van der Waals surface area contributed by atoms with Gasteiger partial charge in [-0.25, -0.2) is 13.2 Å². The molecule has 1 heterocycles. The third-order valence-corrected chi connectivity index (χ3v) is 10.2. The van der Waals surface area contributed by atoms with Crippen LogP contribution < -0.4 is 5.32 Å². The maximum Gasteiger partial charge on any atom is 0.416 e. The zero-order valence-corrected chi connectivity index (χ0v) is 23.8. The molecule has 0 aliphatic carbocycles. The quantitative estimate of drug-likeness (QED) is 0.492. The maximum atomic E-state index is 13.5. The fourth-order valence-electron chi connectivity index (χ4n) is 4.71. The Hall–Kier alpha value is -2.79. The van der Waals surface area contributed by atoms with Crippen LogP contribution in [-0.2, 0) is 27.2 Å². The number of rotatable bonds is 7. The SMILES string of the molecule is CN(C)C(=O)N[C@@H](Cc1ccc(Cl)cc1)C(=O)N1CCC(C(C)(C)S(=O)(=O)c2cccc(C(F)(F)F)c2)CC1. The Balaban J connectivity index is 1.75. The van der Waals surface area contributed by atoms with Crippen molar-refractivity contribution in [2.45, 2.75) is 55.0 Å². The summed E-state index contributed by atoms with van der Waals surface area (Å²) in [6, 6.07) is 9.46. The number of halogens is 4. The zero-order chi connectivity index (χ0) is 29.2. The fraction of sp³-hybridized carbons (Fsp3) is 0.481. The van der Waals surface area contributed by atoms with Gasteiger partial charge in [-0.2, -0.15) is 13.2 Å². The summed E-state index contributed by atoms with van der Waals surface area (Å²) < 4.78 is 65.2. The van der Waals surface area contributed by atoms with E-state index in [0.717, 1.165) is 17.7 Å². The molecule has 214 valence electrons. The van der Waals surface area contributed by atoms with E-state index < -0.39 is 44.3 Å². The molecule has 1 fully saturated rings. The number of amides is 3. The van der Waals surface area contributed by atoms with E-state index >= 15 is 0 Å². The lowest BCUT2D eigenvalue weighted by atomic mass is 9.85. The van der Waals surface area contributed by atoms with E-state index in [1.165, 1.54) is 24.8 Å². The van der Waals surface area contributed by atoms with Crippen molar-refractivity contribution in [3.8, 4) is 0 Å². The number of piperidine rings is 1. The molecule has 0 aromatic heterocycles. The molecule has 0 saturated carbocycles. The minimum absolute atomic E-state index is 0.241. The first kappa shape index (κ1) is 30.7. The number of benzene rings is 2. The first-order valence-corrected chi connectivity index (χ1v) is 14.3. The first-order chi connectivity index (χ1) is 18.0. The monoisotopic (exact) mass is 587 g/mol.